The van der Waals surface area contributed by atoms with Crippen molar-refractivity contribution in [2.45, 2.75) is 38.3 Å². The van der Waals surface area contributed by atoms with Crippen LogP contribution in [0.3, 0.4) is 0 Å². The average Bonchev–Trinajstić information content (AvgIpc) is 2.69. The second-order valence-electron chi connectivity index (χ2n) is 7.51. The third kappa shape index (κ3) is 5.02. The lowest BCUT2D eigenvalue weighted by Crippen LogP contribution is -2.48. The number of likely N-dealkylation sites (tertiary alicyclic amines) is 1. The van der Waals surface area contributed by atoms with Crippen LogP contribution in [0.1, 0.15) is 36.8 Å². The molecule has 2 N–H and O–H groups in total. The van der Waals surface area contributed by atoms with Crippen molar-refractivity contribution >= 4 is 0 Å². The maximum Gasteiger partial charge on any atom is 0.0991 e. The fourth-order valence-electron chi connectivity index (χ4n) is 3.79. The summed E-state index contributed by atoms with van der Waals surface area (Å²) in [6, 6.07) is 10.6. The van der Waals surface area contributed by atoms with Crippen LogP contribution >= 0.6 is 0 Å². The number of piperidine rings is 1. The standard InChI is InChI=1S/C20H29N3O2/c21-13-17-1-3-18(4-2-17)14-23-9-5-19(6-10-23)22-15-20(16-24)7-11-25-12-8-20/h1-4,19,22,24H,5-12,14-16H2. The van der Waals surface area contributed by atoms with Crippen molar-refractivity contribution in [2.75, 3.05) is 39.5 Å². The van der Waals surface area contributed by atoms with Crippen molar-refractivity contribution in [3.8, 4) is 6.07 Å². The van der Waals surface area contributed by atoms with Gasteiger partial charge in [-0.25, -0.2) is 0 Å². The molecule has 0 spiro atoms. The fourth-order valence-corrected chi connectivity index (χ4v) is 3.79. The Morgan fingerprint density at radius 3 is 2.48 bits per heavy atom. The van der Waals surface area contributed by atoms with Gasteiger partial charge in [0, 0.05) is 37.8 Å². The Labute approximate surface area is 150 Å². The Balaban J connectivity index is 1.41. The van der Waals surface area contributed by atoms with Gasteiger partial charge in [0.2, 0.25) is 0 Å². The number of rotatable bonds is 6. The largest absolute Gasteiger partial charge is 0.396 e. The molecular weight excluding hydrogens is 314 g/mol. The first-order valence-electron chi connectivity index (χ1n) is 9.36. The molecule has 3 rings (SSSR count). The molecule has 0 bridgehead atoms. The molecule has 0 saturated carbocycles. The van der Waals surface area contributed by atoms with Crippen LogP contribution in [0, 0.1) is 16.7 Å². The molecule has 0 amide bonds. The molecule has 1 aromatic rings. The molecule has 0 unspecified atom stereocenters. The topological polar surface area (TPSA) is 68.5 Å². The molecule has 2 aliphatic heterocycles. The van der Waals surface area contributed by atoms with Crippen LogP contribution < -0.4 is 5.32 Å². The van der Waals surface area contributed by atoms with Crippen LogP contribution in [0.15, 0.2) is 24.3 Å². The van der Waals surface area contributed by atoms with Crippen molar-refractivity contribution in [3.63, 3.8) is 0 Å². The molecule has 0 atom stereocenters. The summed E-state index contributed by atoms with van der Waals surface area (Å²) in [6.45, 7) is 5.82. The molecule has 136 valence electrons. The third-order valence-electron chi connectivity index (χ3n) is 5.73. The zero-order valence-electron chi connectivity index (χ0n) is 14.9. The Morgan fingerprint density at radius 1 is 1.20 bits per heavy atom. The van der Waals surface area contributed by atoms with E-state index in [1.54, 1.807) is 0 Å². The molecule has 0 aliphatic carbocycles. The smallest absolute Gasteiger partial charge is 0.0991 e. The van der Waals surface area contributed by atoms with E-state index in [4.69, 9.17) is 10.00 Å². The molecular formula is C20H29N3O2. The van der Waals surface area contributed by atoms with E-state index in [1.165, 1.54) is 5.56 Å². The van der Waals surface area contributed by atoms with E-state index in [-0.39, 0.29) is 12.0 Å². The predicted octanol–water partition coefficient (Wildman–Crippen LogP) is 1.90. The van der Waals surface area contributed by atoms with E-state index in [2.05, 4.69) is 28.4 Å². The number of hydrogen-bond acceptors (Lipinski definition) is 5. The van der Waals surface area contributed by atoms with Gasteiger partial charge in [0.15, 0.2) is 0 Å². The monoisotopic (exact) mass is 343 g/mol. The normalized spacial score (nSPS) is 21.8. The first-order chi connectivity index (χ1) is 12.2. The molecule has 0 radical (unpaired) electrons. The zero-order valence-corrected chi connectivity index (χ0v) is 14.9. The molecule has 2 saturated heterocycles. The Bertz CT molecular complexity index is 568. The van der Waals surface area contributed by atoms with Gasteiger partial charge in [-0.3, -0.25) is 4.90 Å². The summed E-state index contributed by atoms with van der Waals surface area (Å²) in [4.78, 5) is 2.48. The molecule has 2 aliphatic rings. The highest BCUT2D eigenvalue weighted by Crippen LogP contribution is 2.29. The number of nitrogens with one attached hydrogen (secondary N) is 1. The molecule has 2 heterocycles. The lowest BCUT2D eigenvalue weighted by molar-refractivity contribution is -0.0175. The summed E-state index contributed by atoms with van der Waals surface area (Å²) < 4.78 is 5.44. The van der Waals surface area contributed by atoms with Gasteiger partial charge in [-0.05, 0) is 56.5 Å². The lowest BCUT2D eigenvalue weighted by atomic mass is 9.80. The quantitative estimate of drug-likeness (QED) is 0.826. The molecule has 5 heteroatoms. The molecule has 5 nitrogen and oxygen atoms in total. The van der Waals surface area contributed by atoms with Gasteiger partial charge >= 0.3 is 0 Å². The number of nitriles is 1. The highest BCUT2D eigenvalue weighted by Gasteiger charge is 2.32. The second-order valence-corrected chi connectivity index (χ2v) is 7.51. The van der Waals surface area contributed by atoms with Gasteiger partial charge in [-0.2, -0.15) is 5.26 Å². The number of ether oxygens (including phenoxy) is 1. The fraction of sp³-hybridized carbons (Fsp3) is 0.650. The molecule has 1 aromatic carbocycles. The Morgan fingerprint density at radius 2 is 1.88 bits per heavy atom. The molecule has 25 heavy (non-hydrogen) atoms. The van der Waals surface area contributed by atoms with Gasteiger partial charge in [0.05, 0.1) is 18.2 Å². The predicted molar refractivity (Wildman–Crippen MR) is 97.0 cm³/mol. The van der Waals surface area contributed by atoms with Gasteiger partial charge in [0.25, 0.3) is 0 Å². The number of nitrogens with zero attached hydrogens (tertiary/aromatic N) is 2. The minimum absolute atomic E-state index is 0.0118. The van der Waals surface area contributed by atoms with Crippen molar-refractivity contribution in [1.29, 1.82) is 5.26 Å². The highest BCUT2D eigenvalue weighted by atomic mass is 16.5. The maximum atomic E-state index is 9.79. The third-order valence-corrected chi connectivity index (χ3v) is 5.73. The molecule has 2 fully saturated rings. The summed E-state index contributed by atoms with van der Waals surface area (Å²) in [5, 5.41) is 22.4. The van der Waals surface area contributed by atoms with Crippen molar-refractivity contribution in [1.82, 2.24) is 10.2 Å². The van der Waals surface area contributed by atoms with Crippen LogP contribution in [-0.2, 0) is 11.3 Å². The summed E-state index contributed by atoms with van der Waals surface area (Å²) in [5.41, 5.74) is 2.00. The number of aliphatic hydroxyl groups is 1. The highest BCUT2D eigenvalue weighted by molar-refractivity contribution is 5.31. The van der Waals surface area contributed by atoms with E-state index >= 15 is 0 Å². The second kappa shape index (κ2) is 8.77. The van der Waals surface area contributed by atoms with Crippen LogP contribution in [0.4, 0.5) is 0 Å². The maximum absolute atomic E-state index is 9.79. The Kier molecular flexibility index (Phi) is 6.44. The Hall–Kier alpha value is -1.45. The molecule has 0 aromatic heterocycles. The lowest BCUT2D eigenvalue weighted by Gasteiger charge is -2.39. The van der Waals surface area contributed by atoms with Gasteiger partial charge < -0.3 is 15.2 Å². The van der Waals surface area contributed by atoms with Crippen LogP contribution in [0.5, 0.6) is 0 Å². The van der Waals surface area contributed by atoms with E-state index in [0.717, 1.165) is 70.6 Å². The summed E-state index contributed by atoms with van der Waals surface area (Å²) in [6.07, 6.45) is 4.20. The SMILES string of the molecule is N#Cc1ccc(CN2CCC(NCC3(CO)CCOCC3)CC2)cc1. The number of aliphatic hydroxyl groups excluding tert-OH is 1. The van der Waals surface area contributed by atoms with Gasteiger partial charge in [-0.15, -0.1) is 0 Å². The van der Waals surface area contributed by atoms with E-state index in [0.29, 0.717) is 6.04 Å². The van der Waals surface area contributed by atoms with E-state index < -0.39 is 0 Å². The minimum Gasteiger partial charge on any atom is -0.396 e. The van der Waals surface area contributed by atoms with Crippen LogP contribution in [-0.4, -0.2) is 55.5 Å². The summed E-state index contributed by atoms with van der Waals surface area (Å²) in [7, 11) is 0. The van der Waals surface area contributed by atoms with Crippen molar-refractivity contribution in [3.05, 3.63) is 35.4 Å². The summed E-state index contributed by atoms with van der Waals surface area (Å²) >= 11 is 0. The average molecular weight is 343 g/mol. The van der Waals surface area contributed by atoms with Crippen molar-refractivity contribution in [2.24, 2.45) is 5.41 Å². The van der Waals surface area contributed by atoms with Crippen LogP contribution in [0.25, 0.3) is 0 Å². The van der Waals surface area contributed by atoms with Crippen molar-refractivity contribution < 1.29 is 9.84 Å². The number of hydrogen-bond donors (Lipinski definition) is 2. The van der Waals surface area contributed by atoms with E-state index in [1.807, 2.05) is 12.1 Å². The number of benzene rings is 1. The van der Waals surface area contributed by atoms with Gasteiger partial charge in [0.1, 0.15) is 0 Å². The first-order valence-corrected chi connectivity index (χ1v) is 9.36. The zero-order chi connectivity index (χ0) is 17.5. The van der Waals surface area contributed by atoms with E-state index in [9.17, 15) is 5.11 Å². The first kappa shape index (κ1) is 18.3. The van der Waals surface area contributed by atoms with Gasteiger partial charge in [-0.1, -0.05) is 12.1 Å². The minimum atomic E-state index is 0.0118. The van der Waals surface area contributed by atoms with Crippen LogP contribution in [0.2, 0.25) is 0 Å². The summed E-state index contributed by atoms with van der Waals surface area (Å²) in [5.74, 6) is 0.